The standard InChI is InChI=1S/C20H25ClFNO/c1-4-5-8-15(20-16(21)9-6-10-17(20)22)13-19(24)18-11-7-12-23(18)14(2)3/h6-7,9-12,14-15H,4-5,8,13H2,1-3H3/t15-/m0/s1. The number of benzene rings is 1. The molecule has 0 bridgehead atoms. The lowest BCUT2D eigenvalue weighted by Gasteiger charge is -2.20. The minimum atomic E-state index is -0.323. The topological polar surface area (TPSA) is 22.0 Å². The van der Waals surface area contributed by atoms with Gasteiger partial charge in [0.1, 0.15) is 5.82 Å². The summed E-state index contributed by atoms with van der Waals surface area (Å²) in [5.41, 5.74) is 1.16. The zero-order valence-corrected chi connectivity index (χ0v) is 15.3. The van der Waals surface area contributed by atoms with Crippen LogP contribution in [0.5, 0.6) is 0 Å². The molecule has 24 heavy (non-hydrogen) atoms. The molecule has 0 unspecified atom stereocenters. The summed E-state index contributed by atoms with van der Waals surface area (Å²) in [5.74, 6) is -0.480. The molecule has 2 aromatic rings. The Labute approximate surface area is 148 Å². The molecular formula is C20H25ClFNO. The highest BCUT2D eigenvalue weighted by molar-refractivity contribution is 6.31. The fraction of sp³-hybridized carbons (Fsp3) is 0.450. The fourth-order valence-corrected chi connectivity index (χ4v) is 3.43. The second-order valence-corrected chi connectivity index (χ2v) is 6.90. The van der Waals surface area contributed by atoms with Crippen LogP contribution in [0.3, 0.4) is 0 Å². The molecule has 0 N–H and O–H groups in total. The number of rotatable bonds is 8. The minimum absolute atomic E-state index is 0.0362. The van der Waals surface area contributed by atoms with Gasteiger partial charge in [-0.1, -0.05) is 37.4 Å². The summed E-state index contributed by atoms with van der Waals surface area (Å²) in [4.78, 5) is 12.8. The lowest BCUT2D eigenvalue weighted by Crippen LogP contribution is -2.15. The van der Waals surface area contributed by atoms with Crippen LogP contribution in [0, 0.1) is 5.82 Å². The molecular weight excluding hydrogens is 325 g/mol. The van der Waals surface area contributed by atoms with Crippen molar-refractivity contribution in [3.8, 4) is 0 Å². The third kappa shape index (κ3) is 4.27. The third-order valence-electron chi connectivity index (χ3n) is 4.37. The van der Waals surface area contributed by atoms with Gasteiger partial charge in [-0.15, -0.1) is 0 Å². The molecule has 1 aromatic heterocycles. The Morgan fingerprint density at radius 1 is 1.25 bits per heavy atom. The summed E-state index contributed by atoms with van der Waals surface area (Å²) in [6.07, 6.45) is 4.88. The van der Waals surface area contributed by atoms with Gasteiger partial charge in [-0.2, -0.15) is 0 Å². The quantitative estimate of drug-likeness (QED) is 0.505. The predicted octanol–water partition coefficient (Wildman–Crippen LogP) is 6.41. The number of ketones is 1. The van der Waals surface area contributed by atoms with Crippen LogP contribution in [-0.4, -0.2) is 10.4 Å². The first-order chi connectivity index (χ1) is 11.5. The number of halogens is 2. The van der Waals surface area contributed by atoms with Crippen LogP contribution in [0.25, 0.3) is 0 Å². The lowest BCUT2D eigenvalue weighted by atomic mass is 9.88. The van der Waals surface area contributed by atoms with Crippen molar-refractivity contribution < 1.29 is 9.18 Å². The second kappa shape index (κ2) is 8.48. The smallest absolute Gasteiger partial charge is 0.179 e. The van der Waals surface area contributed by atoms with E-state index in [9.17, 15) is 9.18 Å². The Morgan fingerprint density at radius 3 is 2.62 bits per heavy atom. The summed E-state index contributed by atoms with van der Waals surface area (Å²) >= 11 is 6.24. The average Bonchev–Trinajstić information content (AvgIpc) is 3.02. The molecule has 2 rings (SSSR count). The number of hydrogen-bond donors (Lipinski definition) is 0. The van der Waals surface area contributed by atoms with E-state index in [4.69, 9.17) is 11.6 Å². The first kappa shape index (κ1) is 18.7. The van der Waals surface area contributed by atoms with Gasteiger partial charge in [-0.3, -0.25) is 4.79 Å². The monoisotopic (exact) mass is 349 g/mol. The number of hydrogen-bond acceptors (Lipinski definition) is 1. The number of unbranched alkanes of at least 4 members (excludes halogenated alkanes) is 1. The zero-order chi connectivity index (χ0) is 17.7. The van der Waals surface area contributed by atoms with E-state index in [-0.39, 0.29) is 30.0 Å². The van der Waals surface area contributed by atoms with Gasteiger partial charge in [0.05, 0.1) is 5.69 Å². The molecule has 0 saturated heterocycles. The van der Waals surface area contributed by atoms with Crippen molar-refractivity contribution in [3.63, 3.8) is 0 Å². The van der Waals surface area contributed by atoms with Crippen molar-refractivity contribution in [1.82, 2.24) is 4.57 Å². The summed E-state index contributed by atoms with van der Waals surface area (Å²) in [6, 6.07) is 8.64. The molecule has 0 aliphatic carbocycles. The Balaban J connectivity index is 2.29. The maximum Gasteiger partial charge on any atom is 0.179 e. The molecule has 0 radical (unpaired) electrons. The first-order valence-corrected chi connectivity index (χ1v) is 8.97. The maximum atomic E-state index is 14.3. The van der Waals surface area contributed by atoms with Gasteiger partial charge < -0.3 is 4.57 Å². The van der Waals surface area contributed by atoms with E-state index < -0.39 is 0 Å². The van der Waals surface area contributed by atoms with Gasteiger partial charge in [0.2, 0.25) is 0 Å². The van der Waals surface area contributed by atoms with Crippen LogP contribution in [-0.2, 0) is 0 Å². The molecule has 1 aromatic carbocycles. The third-order valence-corrected chi connectivity index (χ3v) is 4.70. The summed E-state index contributed by atoms with van der Waals surface area (Å²) in [5, 5.41) is 0.406. The Morgan fingerprint density at radius 2 is 2.00 bits per heavy atom. The van der Waals surface area contributed by atoms with Crippen LogP contribution in [0.2, 0.25) is 5.02 Å². The largest absolute Gasteiger partial charge is 0.343 e. The highest BCUT2D eigenvalue weighted by Gasteiger charge is 2.24. The van der Waals surface area contributed by atoms with Crippen molar-refractivity contribution in [1.29, 1.82) is 0 Å². The molecule has 0 amide bonds. The van der Waals surface area contributed by atoms with E-state index in [2.05, 4.69) is 6.92 Å². The molecule has 4 heteroatoms. The Bertz CT molecular complexity index is 672. The van der Waals surface area contributed by atoms with Crippen molar-refractivity contribution >= 4 is 17.4 Å². The summed E-state index contributed by atoms with van der Waals surface area (Å²) < 4.78 is 16.3. The van der Waals surface area contributed by atoms with Crippen molar-refractivity contribution in [3.05, 3.63) is 58.6 Å². The maximum absolute atomic E-state index is 14.3. The zero-order valence-electron chi connectivity index (χ0n) is 14.6. The minimum Gasteiger partial charge on any atom is -0.343 e. The van der Waals surface area contributed by atoms with E-state index in [1.807, 2.05) is 36.7 Å². The van der Waals surface area contributed by atoms with Crippen molar-refractivity contribution in [2.24, 2.45) is 0 Å². The number of aromatic nitrogens is 1. The number of nitrogens with zero attached hydrogens (tertiary/aromatic N) is 1. The van der Waals surface area contributed by atoms with Crippen LogP contribution >= 0.6 is 11.6 Å². The fourth-order valence-electron chi connectivity index (χ4n) is 3.11. The van der Waals surface area contributed by atoms with Gasteiger partial charge in [0.25, 0.3) is 0 Å². The summed E-state index contributed by atoms with van der Waals surface area (Å²) in [7, 11) is 0. The predicted molar refractivity (Wildman–Crippen MR) is 97.4 cm³/mol. The molecule has 130 valence electrons. The highest BCUT2D eigenvalue weighted by atomic mass is 35.5. The van der Waals surface area contributed by atoms with Crippen LogP contribution < -0.4 is 0 Å². The Hall–Kier alpha value is -1.61. The molecule has 0 fully saturated rings. The van der Waals surface area contributed by atoms with Gasteiger partial charge in [-0.05, 0) is 50.5 Å². The van der Waals surface area contributed by atoms with Crippen LogP contribution in [0.15, 0.2) is 36.5 Å². The van der Waals surface area contributed by atoms with E-state index in [1.54, 1.807) is 12.1 Å². The molecule has 1 atom stereocenters. The SMILES string of the molecule is CCCC[C@@H](CC(=O)c1cccn1C(C)C)c1c(F)cccc1Cl. The average molecular weight is 350 g/mol. The van der Waals surface area contributed by atoms with Crippen LogP contribution in [0.4, 0.5) is 4.39 Å². The van der Waals surface area contributed by atoms with Gasteiger partial charge in [0.15, 0.2) is 5.78 Å². The molecule has 0 spiro atoms. The normalized spacial score (nSPS) is 12.6. The number of carbonyl (C=O) groups excluding carboxylic acids is 1. The highest BCUT2D eigenvalue weighted by Crippen LogP contribution is 2.34. The van der Waals surface area contributed by atoms with Gasteiger partial charge in [-0.25, -0.2) is 4.39 Å². The first-order valence-electron chi connectivity index (χ1n) is 8.59. The molecule has 0 aliphatic rings. The van der Waals surface area contributed by atoms with Crippen LogP contribution in [0.1, 0.15) is 74.5 Å². The van der Waals surface area contributed by atoms with Crippen molar-refractivity contribution in [2.75, 3.05) is 0 Å². The molecule has 1 heterocycles. The molecule has 2 nitrogen and oxygen atoms in total. The number of carbonyl (C=O) groups is 1. The van der Waals surface area contributed by atoms with E-state index >= 15 is 0 Å². The van der Waals surface area contributed by atoms with E-state index in [0.717, 1.165) is 19.3 Å². The van der Waals surface area contributed by atoms with E-state index in [1.165, 1.54) is 6.07 Å². The van der Waals surface area contributed by atoms with Gasteiger partial charge in [0, 0.05) is 29.2 Å². The lowest BCUT2D eigenvalue weighted by molar-refractivity contribution is 0.0961. The number of Topliss-reactive ketones (excluding diaryl/α,β-unsaturated/α-hetero) is 1. The summed E-state index contributed by atoms with van der Waals surface area (Å²) in [6.45, 7) is 6.17. The van der Waals surface area contributed by atoms with E-state index in [0.29, 0.717) is 16.3 Å². The second-order valence-electron chi connectivity index (χ2n) is 6.50. The van der Waals surface area contributed by atoms with Crippen molar-refractivity contribution in [2.45, 2.75) is 58.4 Å². The molecule has 0 aliphatic heterocycles. The molecule has 0 saturated carbocycles. The van der Waals surface area contributed by atoms with Gasteiger partial charge >= 0.3 is 0 Å². The Kier molecular flexibility index (Phi) is 6.61.